The van der Waals surface area contributed by atoms with Gasteiger partial charge in [-0.2, -0.15) is 0 Å². The Balaban J connectivity index is 2.39. The summed E-state index contributed by atoms with van der Waals surface area (Å²) in [6, 6.07) is 8.96. The highest BCUT2D eigenvalue weighted by Crippen LogP contribution is 2.14. The highest BCUT2D eigenvalue weighted by molar-refractivity contribution is 6.07. The van der Waals surface area contributed by atoms with Crippen molar-refractivity contribution >= 4 is 11.5 Å². The van der Waals surface area contributed by atoms with E-state index in [1.54, 1.807) is 18.2 Å². The number of pyridine rings is 1. The van der Waals surface area contributed by atoms with Crippen LogP contribution in [0.5, 0.6) is 0 Å². The Labute approximate surface area is 91.7 Å². The predicted octanol–water partition coefficient (Wildman–Crippen LogP) is 2.03. The van der Waals surface area contributed by atoms with Crippen molar-refractivity contribution < 1.29 is 9.18 Å². The van der Waals surface area contributed by atoms with Crippen LogP contribution in [0.3, 0.4) is 0 Å². The smallest absolute Gasteiger partial charge is 0.211 e. The lowest BCUT2D eigenvalue weighted by Crippen LogP contribution is -2.04. The largest absolute Gasteiger partial charge is 0.396 e. The van der Waals surface area contributed by atoms with Gasteiger partial charge in [0.1, 0.15) is 11.5 Å². The summed E-state index contributed by atoms with van der Waals surface area (Å²) in [6.07, 6.45) is 1.51. The molecule has 0 unspecified atom stereocenters. The molecule has 0 aliphatic heterocycles. The van der Waals surface area contributed by atoms with Crippen molar-refractivity contribution in [2.75, 3.05) is 5.73 Å². The summed E-state index contributed by atoms with van der Waals surface area (Å²) in [5.74, 6) is -0.915. The summed E-state index contributed by atoms with van der Waals surface area (Å²) >= 11 is 0. The Morgan fingerprint density at radius 2 is 2.06 bits per heavy atom. The number of halogens is 1. The fourth-order valence-electron chi connectivity index (χ4n) is 1.31. The van der Waals surface area contributed by atoms with Crippen molar-refractivity contribution in [2.24, 2.45) is 0 Å². The molecule has 0 saturated heterocycles. The monoisotopic (exact) mass is 216 g/mol. The van der Waals surface area contributed by atoms with E-state index in [1.165, 1.54) is 18.3 Å². The zero-order valence-corrected chi connectivity index (χ0v) is 8.35. The van der Waals surface area contributed by atoms with Gasteiger partial charge in [0, 0.05) is 11.8 Å². The first-order chi connectivity index (χ1) is 7.68. The Bertz CT molecular complexity index is 526. The minimum Gasteiger partial charge on any atom is -0.396 e. The average Bonchev–Trinajstić information content (AvgIpc) is 2.33. The van der Waals surface area contributed by atoms with Crippen LogP contribution in [0.25, 0.3) is 0 Å². The molecule has 16 heavy (non-hydrogen) atoms. The molecular formula is C12H9FN2O. The van der Waals surface area contributed by atoms with E-state index in [-0.39, 0.29) is 22.7 Å². The van der Waals surface area contributed by atoms with Gasteiger partial charge >= 0.3 is 0 Å². The third kappa shape index (κ3) is 1.91. The van der Waals surface area contributed by atoms with Crippen LogP contribution >= 0.6 is 0 Å². The van der Waals surface area contributed by atoms with Gasteiger partial charge in [-0.05, 0) is 30.3 Å². The zero-order chi connectivity index (χ0) is 11.5. The lowest BCUT2D eigenvalue weighted by Gasteiger charge is -2.01. The van der Waals surface area contributed by atoms with Crippen molar-refractivity contribution in [3.8, 4) is 0 Å². The van der Waals surface area contributed by atoms with E-state index in [9.17, 15) is 9.18 Å². The van der Waals surface area contributed by atoms with Crippen molar-refractivity contribution in [1.29, 1.82) is 0 Å². The molecule has 2 rings (SSSR count). The van der Waals surface area contributed by atoms with Gasteiger partial charge in [-0.25, -0.2) is 4.39 Å². The van der Waals surface area contributed by atoms with Crippen molar-refractivity contribution in [1.82, 2.24) is 4.98 Å². The zero-order valence-electron chi connectivity index (χ0n) is 8.35. The number of carbonyl (C=O) groups is 1. The Morgan fingerprint density at radius 3 is 2.69 bits per heavy atom. The van der Waals surface area contributed by atoms with Gasteiger partial charge in [-0.1, -0.05) is 6.07 Å². The number of nitrogens with zero attached hydrogens (tertiary/aromatic N) is 1. The Hall–Kier alpha value is -2.23. The van der Waals surface area contributed by atoms with Crippen molar-refractivity contribution in [3.63, 3.8) is 0 Å². The number of anilines is 1. The molecule has 0 radical (unpaired) electrons. The molecule has 1 aromatic heterocycles. The van der Waals surface area contributed by atoms with Crippen LogP contribution in [0, 0.1) is 5.82 Å². The summed E-state index contributed by atoms with van der Waals surface area (Å²) in [7, 11) is 0. The van der Waals surface area contributed by atoms with E-state index in [4.69, 9.17) is 5.73 Å². The first kappa shape index (κ1) is 10.3. The summed E-state index contributed by atoms with van der Waals surface area (Å²) in [5, 5.41) is 0. The van der Waals surface area contributed by atoms with Crippen LogP contribution in [0.15, 0.2) is 42.6 Å². The minimum atomic E-state index is -0.596. The molecule has 2 N–H and O–H groups in total. The molecule has 3 nitrogen and oxygen atoms in total. The molecule has 4 heteroatoms. The predicted molar refractivity (Wildman–Crippen MR) is 58.5 cm³/mol. The number of hydrogen-bond donors (Lipinski definition) is 1. The van der Waals surface area contributed by atoms with Crippen molar-refractivity contribution in [3.05, 3.63) is 59.7 Å². The maximum Gasteiger partial charge on any atom is 0.211 e. The molecule has 1 heterocycles. The first-order valence-electron chi connectivity index (χ1n) is 4.69. The van der Waals surface area contributed by atoms with Gasteiger partial charge in [0.05, 0.1) is 5.69 Å². The van der Waals surface area contributed by atoms with E-state index in [0.717, 1.165) is 6.07 Å². The second kappa shape index (κ2) is 4.10. The SMILES string of the molecule is Nc1ccc(C(=O)c2ccccn2)cc1F. The van der Waals surface area contributed by atoms with Crippen LogP contribution in [0.1, 0.15) is 16.1 Å². The summed E-state index contributed by atoms with van der Waals surface area (Å²) in [6.45, 7) is 0. The number of carbonyl (C=O) groups excluding carboxylic acids is 1. The maximum atomic E-state index is 13.2. The molecule has 0 fully saturated rings. The highest BCUT2D eigenvalue weighted by atomic mass is 19.1. The third-order valence-corrected chi connectivity index (χ3v) is 2.16. The summed E-state index contributed by atoms with van der Waals surface area (Å²) in [4.78, 5) is 15.7. The van der Waals surface area contributed by atoms with Gasteiger partial charge in [-0.15, -0.1) is 0 Å². The van der Waals surface area contributed by atoms with E-state index < -0.39 is 5.82 Å². The van der Waals surface area contributed by atoms with Gasteiger partial charge in [0.25, 0.3) is 0 Å². The lowest BCUT2D eigenvalue weighted by molar-refractivity contribution is 0.103. The molecular weight excluding hydrogens is 207 g/mol. The van der Waals surface area contributed by atoms with E-state index >= 15 is 0 Å². The van der Waals surface area contributed by atoms with Crippen LogP contribution in [0.4, 0.5) is 10.1 Å². The molecule has 0 bridgehead atoms. The summed E-state index contributed by atoms with van der Waals surface area (Å²) < 4.78 is 13.2. The quantitative estimate of drug-likeness (QED) is 0.617. The third-order valence-electron chi connectivity index (χ3n) is 2.16. The topological polar surface area (TPSA) is 56.0 Å². The number of nitrogen functional groups attached to an aromatic ring is 1. The highest BCUT2D eigenvalue weighted by Gasteiger charge is 2.11. The number of ketones is 1. The molecule has 0 spiro atoms. The van der Waals surface area contributed by atoms with Gasteiger partial charge in [-0.3, -0.25) is 9.78 Å². The molecule has 0 amide bonds. The number of hydrogen-bond acceptors (Lipinski definition) is 3. The number of benzene rings is 1. The summed E-state index contributed by atoms with van der Waals surface area (Å²) in [5.41, 5.74) is 5.88. The second-order valence-corrected chi connectivity index (χ2v) is 3.28. The molecule has 1 aromatic carbocycles. The molecule has 80 valence electrons. The second-order valence-electron chi connectivity index (χ2n) is 3.28. The Morgan fingerprint density at radius 1 is 1.25 bits per heavy atom. The van der Waals surface area contributed by atoms with Gasteiger partial charge < -0.3 is 5.73 Å². The van der Waals surface area contributed by atoms with Gasteiger partial charge in [0.2, 0.25) is 5.78 Å². The van der Waals surface area contributed by atoms with Crippen LogP contribution in [-0.2, 0) is 0 Å². The molecule has 0 aliphatic rings. The molecule has 0 aliphatic carbocycles. The first-order valence-corrected chi connectivity index (χ1v) is 4.69. The number of rotatable bonds is 2. The van der Waals surface area contributed by atoms with Crippen LogP contribution in [0.2, 0.25) is 0 Å². The van der Waals surface area contributed by atoms with Crippen molar-refractivity contribution in [2.45, 2.75) is 0 Å². The van der Waals surface area contributed by atoms with Crippen LogP contribution < -0.4 is 5.73 Å². The van der Waals surface area contributed by atoms with Gasteiger partial charge in [0.15, 0.2) is 0 Å². The number of nitrogens with two attached hydrogens (primary N) is 1. The standard InChI is InChI=1S/C12H9FN2O/c13-9-7-8(4-5-10(9)14)12(16)11-3-1-2-6-15-11/h1-7H,14H2. The van der Waals surface area contributed by atoms with E-state index in [2.05, 4.69) is 4.98 Å². The van der Waals surface area contributed by atoms with Crippen LogP contribution in [-0.4, -0.2) is 10.8 Å². The average molecular weight is 216 g/mol. The van der Waals surface area contributed by atoms with E-state index in [0.29, 0.717) is 0 Å². The number of aromatic nitrogens is 1. The molecule has 2 aromatic rings. The minimum absolute atomic E-state index is 0.0255. The normalized spacial score (nSPS) is 10.1. The van der Waals surface area contributed by atoms with E-state index in [1.807, 2.05) is 0 Å². The fraction of sp³-hybridized carbons (Fsp3) is 0. The molecule has 0 saturated carbocycles. The fourth-order valence-corrected chi connectivity index (χ4v) is 1.31. The maximum absolute atomic E-state index is 13.2. The molecule has 0 atom stereocenters. The Kier molecular flexibility index (Phi) is 2.64. The lowest BCUT2D eigenvalue weighted by atomic mass is 10.1.